The third-order valence-corrected chi connectivity index (χ3v) is 12.7. The lowest BCUT2D eigenvalue weighted by atomic mass is 9.96. The Morgan fingerprint density at radius 1 is 0.747 bits per heavy atom. The second kappa shape index (κ2) is 29.0. The summed E-state index contributed by atoms with van der Waals surface area (Å²) >= 11 is 0. The van der Waals surface area contributed by atoms with E-state index in [0.29, 0.717) is 24.1 Å². The number of carbonyl (C=O) groups is 9. The van der Waals surface area contributed by atoms with Crippen molar-refractivity contribution in [1.29, 1.82) is 0 Å². The number of hydrogen-bond acceptors (Lipinski definition) is 13. The number of rotatable bonds is 29. The number of nitrogens with one attached hydrogen (secondary N) is 7. The average Bonchev–Trinajstić information content (AvgIpc) is 4.08. The summed E-state index contributed by atoms with van der Waals surface area (Å²) < 4.78 is 0. The van der Waals surface area contributed by atoms with Gasteiger partial charge in [0, 0.05) is 44.2 Å². The van der Waals surface area contributed by atoms with Crippen molar-refractivity contribution in [3.05, 3.63) is 83.9 Å². The number of aromatic hydroxyl groups is 1. The number of amides is 8. The van der Waals surface area contributed by atoms with E-state index < -0.39 is 120 Å². The Bertz CT molecular complexity index is 2450. The first-order valence-electron chi connectivity index (χ1n) is 24.8. The van der Waals surface area contributed by atoms with Crippen molar-refractivity contribution in [2.45, 2.75) is 134 Å². The van der Waals surface area contributed by atoms with Crippen LogP contribution in [-0.2, 0) is 62.4 Å². The number of nitrogens with two attached hydrogens (primary N) is 4. The van der Waals surface area contributed by atoms with Crippen LogP contribution in [0.1, 0.15) is 83.0 Å². The molecular formula is C50H72N14O11. The maximum Gasteiger partial charge on any atom is 0.305 e. The monoisotopic (exact) mass is 1040 g/mol. The van der Waals surface area contributed by atoms with Gasteiger partial charge in [-0.1, -0.05) is 76.6 Å². The molecule has 3 aromatic rings. The summed E-state index contributed by atoms with van der Waals surface area (Å²) in [4.78, 5) is 135. The number of aliphatic imine (C=N–C) groups is 1. The Morgan fingerprint density at radius 2 is 1.35 bits per heavy atom. The molecule has 9 atom stereocenters. The van der Waals surface area contributed by atoms with E-state index in [4.69, 9.17) is 22.9 Å². The van der Waals surface area contributed by atoms with Crippen molar-refractivity contribution in [2.24, 2.45) is 39.8 Å². The van der Waals surface area contributed by atoms with Crippen LogP contribution in [0.3, 0.4) is 0 Å². The third kappa shape index (κ3) is 18.7. The number of carbonyl (C=O) groups excluding carboxylic acids is 8. The van der Waals surface area contributed by atoms with E-state index in [-0.39, 0.29) is 63.3 Å². The highest BCUT2D eigenvalue weighted by molar-refractivity contribution is 5.98. The van der Waals surface area contributed by atoms with Crippen molar-refractivity contribution >= 4 is 59.2 Å². The van der Waals surface area contributed by atoms with Crippen LogP contribution in [0.4, 0.5) is 0 Å². The molecular weight excluding hydrogens is 973 g/mol. The molecule has 0 radical (unpaired) electrons. The van der Waals surface area contributed by atoms with Crippen LogP contribution in [0.2, 0.25) is 0 Å². The number of aromatic amines is 1. The molecule has 0 spiro atoms. The van der Waals surface area contributed by atoms with Crippen molar-refractivity contribution < 1.29 is 53.4 Å². The first-order valence-corrected chi connectivity index (χ1v) is 24.8. The molecule has 2 heterocycles. The Hall–Kier alpha value is -8.09. The Morgan fingerprint density at radius 3 is 1.95 bits per heavy atom. The molecule has 0 aliphatic carbocycles. The molecule has 8 amide bonds. The van der Waals surface area contributed by atoms with Crippen LogP contribution in [0, 0.1) is 11.8 Å². The molecule has 1 aromatic heterocycles. The van der Waals surface area contributed by atoms with Gasteiger partial charge in [-0.2, -0.15) is 0 Å². The predicted molar refractivity (Wildman–Crippen MR) is 274 cm³/mol. The molecule has 25 nitrogen and oxygen atoms in total. The SMILES string of the molecule is CCC(C)[C@H](NC(=O)[C@H](Cc1ccc(O)cc1)NC(=O)[C@@H](NC(=O)[C@H](CCCN=C(N)N)NC(=O)C(N)CC(=O)O)C(C)C)C(=O)NC(Cc1cnc[nH]1)C(=O)N1CCCC1C(=O)N[C@@H](Cc1ccccc1)C(N)=O. The van der Waals surface area contributed by atoms with Crippen molar-refractivity contribution in [2.75, 3.05) is 13.1 Å². The lowest BCUT2D eigenvalue weighted by Gasteiger charge is -2.32. The van der Waals surface area contributed by atoms with Crippen LogP contribution in [0.15, 0.2) is 72.1 Å². The van der Waals surface area contributed by atoms with Gasteiger partial charge in [-0.3, -0.25) is 48.1 Å². The number of likely N-dealkylation sites (tertiary alicyclic amines) is 1. The minimum atomic E-state index is -1.51. The molecule has 4 unspecified atom stereocenters. The summed E-state index contributed by atoms with van der Waals surface area (Å²) in [6, 6.07) is 4.54. The number of phenols is 1. The molecule has 1 aliphatic rings. The molecule has 25 heteroatoms. The molecule has 1 saturated heterocycles. The highest BCUT2D eigenvalue weighted by atomic mass is 16.4. The van der Waals surface area contributed by atoms with Gasteiger partial charge in [0.05, 0.1) is 18.8 Å². The van der Waals surface area contributed by atoms with E-state index in [0.717, 1.165) is 5.56 Å². The number of carboxylic acid groups (broad SMARTS) is 1. The minimum absolute atomic E-state index is 0.0552. The zero-order chi connectivity index (χ0) is 55.4. The number of guanidine groups is 1. The molecule has 4 rings (SSSR count). The summed E-state index contributed by atoms with van der Waals surface area (Å²) in [5.41, 5.74) is 24.0. The third-order valence-electron chi connectivity index (χ3n) is 12.7. The van der Waals surface area contributed by atoms with Gasteiger partial charge < -0.3 is 74.9 Å². The fraction of sp³-hybridized carbons (Fsp3) is 0.500. The number of phenolic OH excluding ortho intramolecular Hbond substituents is 1. The number of nitrogens with zero attached hydrogens (tertiary/aromatic N) is 3. The van der Waals surface area contributed by atoms with Gasteiger partial charge in [0.2, 0.25) is 47.3 Å². The normalized spacial score (nSPS) is 16.3. The van der Waals surface area contributed by atoms with Gasteiger partial charge in [-0.05, 0) is 60.8 Å². The number of hydrogen-bond donors (Lipinski definition) is 13. The zero-order valence-corrected chi connectivity index (χ0v) is 42.6. The van der Waals surface area contributed by atoms with Crippen molar-refractivity contribution in [3.63, 3.8) is 0 Å². The quantitative estimate of drug-likeness (QED) is 0.0205. The first kappa shape index (κ1) is 59.5. The first-order chi connectivity index (χ1) is 35.6. The van der Waals surface area contributed by atoms with E-state index in [1.54, 1.807) is 52.0 Å². The van der Waals surface area contributed by atoms with Gasteiger partial charge >= 0.3 is 5.97 Å². The minimum Gasteiger partial charge on any atom is -0.508 e. The molecule has 0 saturated carbocycles. The maximum atomic E-state index is 14.6. The maximum absolute atomic E-state index is 14.6. The second-order valence-electron chi connectivity index (χ2n) is 18.9. The van der Waals surface area contributed by atoms with Crippen LogP contribution < -0.4 is 54.8 Å². The largest absolute Gasteiger partial charge is 0.508 e. The summed E-state index contributed by atoms with van der Waals surface area (Å²) in [7, 11) is 0. The van der Waals surface area contributed by atoms with Crippen LogP contribution in [0.25, 0.3) is 0 Å². The molecule has 75 heavy (non-hydrogen) atoms. The lowest BCUT2D eigenvalue weighted by molar-refractivity contribution is -0.142. The highest BCUT2D eigenvalue weighted by Crippen LogP contribution is 2.21. The highest BCUT2D eigenvalue weighted by Gasteiger charge is 2.41. The standard InChI is InChI=1S/C50H72N14O11/c1-5-28(4)41(48(74)61-37(23-31-25-55-26-57-31)49(75)64-20-10-14-38(64)46(72)59-35(42(52)68)21-29-11-7-6-8-12-29)63-45(71)36(22-30-15-17-32(65)18-16-30)60-47(73)40(27(2)3)62-44(70)34(13-9-19-56-50(53)54)58-43(69)33(51)24-39(66)67/h6-8,11-12,15-18,25-28,33-38,40-41,65H,5,9-10,13-14,19-24,51H2,1-4H3,(H2,52,68)(H,55,57)(H,58,69)(H,59,72)(H,60,73)(H,61,74)(H,62,70)(H,63,71)(H,66,67)(H4,53,54,56)/t28?,33?,34-,35-,36-,37?,38?,40-,41-/m0/s1. The molecule has 408 valence electrons. The average molecular weight is 1050 g/mol. The number of primary amides is 1. The number of imidazole rings is 1. The van der Waals surface area contributed by atoms with Gasteiger partial charge in [0.1, 0.15) is 48.0 Å². The Labute approximate surface area is 434 Å². The van der Waals surface area contributed by atoms with Gasteiger partial charge in [-0.25, -0.2) is 4.98 Å². The summed E-state index contributed by atoms with van der Waals surface area (Å²) in [5, 5.41) is 35.3. The van der Waals surface area contributed by atoms with Crippen LogP contribution >= 0.6 is 0 Å². The zero-order valence-electron chi connectivity index (χ0n) is 42.6. The van der Waals surface area contributed by atoms with E-state index in [1.165, 1.54) is 41.7 Å². The Balaban J connectivity index is 1.59. The summed E-state index contributed by atoms with van der Waals surface area (Å²) in [5.74, 6) is -8.96. The van der Waals surface area contributed by atoms with Gasteiger partial charge in [-0.15, -0.1) is 0 Å². The second-order valence-corrected chi connectivity index (χ2v) is 18.9. The molecule has 0 bridgehead atoms. The summed E-state index contributed by atoms with van der Waals surface area (Å²) in [6.07, 6.45) is 3.19. The van der Waals surface area contributed by atoms with E-state index >= 15 is 0 Å². The summed E-state index contributed by atoms with van der Waals surface area (Å²) in [6.45, 7) is 6.97. The van der Waals surface area contributed by atoms with Crippen LogP contribution in [0.5, 0.6) is 5.75 Å². The number of H-pyrrole nitrogens is 1. The van der Waals surface area contributed by atoms with E-state index in [1.807, 2.05) is 6.07 Å². The number of benzene rings is 2. The van der Waals surface area contributed by atoms with E-state index in [9.17, 15) is 53.4 Å². The fourth-order valence-corrected chi connectivity index (χ4v) is 8.34. The molecule has 2 aromatic carbocycles. The fourth-order valence-electron chi connectivity index (χ4n) is 8.34. The lowest BCUT2D eigenvalue weighted by Crippen LogP contribution is -2.62. The molecule has 1 fully saturated rings. The number of aliphatic carboxylic acids is 1. The predicted octanol–water partition coefficient (Wildman–Crippen LogP) is -1.91. The molecule has 17 N–H and O–H groups in total. The Kier molecular flexibility index (Phi) is 23.0. The topological polar surface area (TPSA) is 415 Å². The van der Waals surface area contributed by atoms with Gasteiger partial charge in [0.15, 0.2) is 5.96 Å². The van der Waals surface area contributed by atoms with Gasteiger partial charge in [0.25, 0.3) is 0 Å². The van der Waals surface area contributed by atoms with Crippen LogP contribution in [-0.4, -0.2) is 146 Å². The number of carboxylic acids is 1. The molecule has 1 aliphatic heterocycles. The van der Waals surface area contributed by atoms with Crippen molar-refractivity contribution in [3.8, 4) is 5.75 Å². The van der Waals surface area contributed by atoms with E-state index in [2.05, 4.69) is 46.9 Å². The smallest absolute Gasteiger partial charge is 0.305 e. The number of aromatic nitrogens is 2. The van der Waals surface area contributed by atoms with Crippen molar-refractivity contribution in [1.82, 2.24) is 46.8 Å².